The number of carbonyl (C=O) groups excluding carboxylic acids is 1. The Morgan fingerprint density at radius 2 is 2.44 bits per heavy atom. The van der Waals surface area contributed by atoms with Crippen LogP contribution in [0.2, 0.25) is 5.15 Å². The second-order valence-electron chi connectivity index (χ2n) is 4.97. The molecule has 98 valence electrons. The van der Waals surface area contributed by atoms with Crippen molar-refractivity contribution in [2.24, 2.45) is 5.92 Å². The second kappa shape index (κ2) is 5.67. The Morgan fingerprint density at radius 1 is 1.67 bits per heavy atom. The molecule has 1 aromatic rings. The summed E-state index contributed by atoms with van der Waals surface area (Å²) < 4.78 is 0. The van der Waals surface area contributed by atoms with Gasteiger partial charge in [-0.1, -0.05) is 11.6 Å². The van der Waals surface area contributed by atoms with Crippen LogP contribution in [0.5, 0.6) is 0 Å². The van der Waals surface area contributed by atoms with Crippen LogP contribution in [0, 0.1) is 5.92 Å². The van der Waals surface area contributed by atoms with Gasteiger partial charge in [0.25, 0.3) is 5.91 Å². The SMILES string of the molecule is CN1CCC(CN(C)C(=O)c2ccnc(Cl)c2)C1. The van der Waals surface area contributed by atoms with Crippen LogP contribution in [0.1, 0.15) is 16.8 Å². The first-order valence-corrected chi connectivity index (χ1v) is 6.49. The highest BCUT2D eigenvalue weighted by molar-refractivity contribution is 6.29. The molecule has 1 amide bonds. The van der Waals surface area contributed by atoms with E-state index in [1.54, 1.807) is 23.2 Å². The van der Waals surface area contributed by atoms with E-state index in [4.69, 9.17) is 11.6 Å². The Kier molecular flexibility index (Phi) is 4.19. The molecule has 1 aliphatic heterocycles. The lowest BCUT2D eigenvalue weighted by molar-refractivity contribution is 0.0774. The van der Waals surface area contributed by atoms with E-state index >= 15 is 0 Å². The monoisotopic (exact) mass is 267 g/mol. The first kappa shape index (κ1) is 13.3. The molecule has 1 aromatic heterocycles. The molecule has 0 spiro atoms. The van der Waals surface area contributed by atoms with Gasteiger partial charge in [0.05, 0.1) is 0 Å². The maximum absolute atomic E-state index is 12.2. The van der Waals surface area contributed by atoms with Gasteiger partial charge < -0.3 is 9.80 Å². The molecule has 1 unspecified atom stereocenters. The number of aromatic nitrogens is 1. The molecule has 0 aromatic carbocycles. The first-order chi connectivity index (χ1) is 8.56. The molecule has 4 nitrogen and oxygen atoms in total. The van der Waals surface area contributed by atoms with Crippen molar-refractivity contribution in [2.75, 3.05) is 33.7 Å². The van der Waals surface area contributed by atoms with Gasteiger partial charge >= 0.3 is 0 Å². The molecule has 0 saturated carbocycles. The van der Waals surface area contributed by atoms with Gasteiger partial charge in [-0.2, -0.15) is 0 Å². The van der Waals surface area contributed by atoms with Crippen molar-refractivity contribution in [1.29, 1.82) is 0 Å². The molecule has 1 atom stereocenters. The first-order valence-electron chi connectivity index (χ1n) is 6.12. The Hall–Kier alpha value is -1.13. The Balaban J connectivity index is 1.96. The maximum atomic E-state index is 12.2. The smallest absolute Gasteiger partial charge is 0.253 e. The molecule has 0 N–H and O–H groups in total. The Labute approximate surface area is 113 Å². The fourth-order valence-corrected chi connectivity index (χ4v) is 2.58. The van der Waals surface area contributed by atoms with Gasteiger partial charge in [0.2, 0.25) is 0 Å². The molecule has 2 heterocycles. The molecule has 2 rings (SSSR count). The predicted octanol–water partition coefficient (Wildman–Crippen LogP) is 1.76. The summed E-state index contributed by atoms with van der Waals surface area (Å²) in [6.45, 7) is 2.98. The van der Waals surface area contributed by atoms with E-state index in [2.05, 4.69) is 16.9 Å². The van der Waals surface area contributed by atoms with Gasteiger partial charge in [0.1, 0.15) is 5.15 Å². The van der Waals surface area contributed by atoms with Crippen LogP contribution in [-0.4, -0.2) is 54.4 Å². The normalized spacial score (nSPS) is 20.1. The summed E-state index contributed by atoms with van der Waals surface area (Å²) in [6, 6.07) is 3.31. The summed E-state index contributed by atoms with van der Waals surface area (Å²) in [6.07, 6.45) is 2.72. The van der Waals surface area contributed by atoms with Gasteiger partial charge in [0, 0.05) is 31.9 Å². The lowest BCUT2D eigenvalue weighted by Crippen LogP contribution is -2.32. The third-order valence-electron chi connectivity index (χ3n) is 3.34. The summed E-state index contributed by atoms with van der Waals surface area (Å²) in [5.41, 5.74) is 0.601. The zero-order valence-corrected chi connectivity index (χ0v) is 11.5. The molecule has 0 bridgehead atoms. The minimum absolute atomic E-state index is 0.00820. The molecular formula is C13H18ClN3O. The van der Waals surface area contributed by atoms with Crippen LogP contribution in [0.25, 0.3) is 0 Å². The van der Waals surface area contributed by atoms with E-state index in [1.807, 2.05) is 7.05 Å². The van der Waals surface area contributed by atoms with Crippen molar-refractivity contribution >= 4 is 17.5 Å². The zero-order valence-electron chi connectivity index (χ0n) is 10.8. The zero-order chi connectivity index (χ0) is 13.1. The lowest BCUT2D eigenvalue weighted by Gasteiger charge is -2.21. The number of amides is 1. The number of pyridine rings is 1. The van der Waals surface area contributed by atoms with Crippen LogP contribution in [0.3, 0.4) is 0 Å². The van der Waals surface area contributed by atoms with E-state index in [1.165, 1.54) is 0 Å². The van der Waals surface area contributed by atoms with E-state index in [0.29, 0.717) is 16.6 Å². The van der Waals surface area contributed by atoms with Crippen LogP contribution in [0.4, 0.5) is 0 Å². The highest BCUT2D eigenvalue weighted by Gasteiger charge is 2.23. The number of hydrogen-bond donors (Lipinski definition) is 0. The highest BCUT2D eigenvalue weighted by atomic mass is 35.5. The Bertz CT molecular complexity index is 438. The summed E-state index contributed by atoms with van der Waals surface area (Å²) in [4.78, 5) is 20.1. The van der Waals surface area contributed by atoms with Crippen molar-refractivity contribution < 1.29 is 4.79 Å². The molecule has 0 radical (unpaired) electrons. The minimum Gasteiger partial charge on any atom is -0.341 e. The summed E-state index contributed by atoms with van der Waals surface area (Å²) >= 11 is 5.79. The fraction of sp³-hybridized carbons (Fsp3) is 0.538. The number of rotatable bonds is 3. The van der Waals surface area contributed by atoms with Crippen LogP contribution >= 0.6 is 11.6 Å². The largest absolute Gasteiger partial charge is 0.341 e. The summed E-state index contributed by atoms with van der Waals surface area (Å²) in [5, 5.41) is 0.356. The van der Waals surface area contributed by atoms with Crippen LogP contribution in [-0.2, 0) is 0 Å². The molecular weight excluding hydrogens is 250 g/mol. The lowest BCUT2D eigenvalue weighted by atomic mass is 10.1. The number of nitrogens with zero attached hydrogens (tertiary/aromatic N) is 3. The van der Waals surface area contributed by atoms with Crippen molar-refractivity contribution in [3.8, 4) is 0 Å². The average molecular weight is 268 g/mol. The highest BCUT2D eigenvalue weighted by Crippen LogP contribution is 2.16. The standard InChI is InChI=1S/C13H18ClN3O/c1-16-6-4-10(8-16)9-17(2)13(18)11-3-5-15-12(14)7-11/h3,5,7,10H,4,6,8-9H2,1-2H3. The quantitative estimate of drug-likeness (QED) is 0.783. The van der Waals surface area contributed by atoms with Gasteiger partial charge in [-0.15, -0.1) is 0 Å². The van der Waals surface area contributed by atoms with Gasteiger partial charge in [-0.3, -0.25) is 4.79 Å². The van der Waals surface area contributed by atoms with E-state index in [0.717, 1.165) is 26.1 Å². The van der Waals surface area contributed by atoms with Crippen molar-refractivity contribution in [3.63, 3.8) is 0 Å². The van der Waals surface area contributed by atoms with Crippen molar-refractivity contribution in [2.45, 2.75) is 6.42 Å². The van der Waals surface area contributed by atoms with Gasteiger partial charge in [-0.05, 0) is 38.1 Å². The molecule has 1 fully saturated rings. The maximum Gasteiger partial charge on any atom is 0.253 e. The fourth-order valence-electron chi connectivity index (χ4n) is 2.40. The molecule has 1 saturated heterocycles. The van der Waals surface area contributed by atoms with Gasteiger partial charge in [-0.25, -0.2) is 4.98 Å². The number of carbonyl (C=O) groups is 1. The summed E-state index contributed by atoms with van der Waals surface area (Å²) in [5.74, 6) is 0.579. The number of hydrogen-bond acceptors (Lipinski definition) is 3. The van der Waals surface area contributed by atoms with Crippen molar-refractivity contribution in [1.82, 2.24) is 14.8 Å². The molecule has 0 aliphatic carbocycles. The van der Waals surface area contributed by atoms with Gasteiger partial charge in [0.15, 0.2) is 0 Å². The third kappa shape index (κ3) is 3.21. The summed E-state index contributed by atoms with van der Waals surface area (Å²) in [7, 11) is 3.96. The van der Waals surface area contributed by atoms with E-state index < -0.39 is 0 Å². The van der Waals surface area contributed by atoms with Crippen LogP contribution in [0.15, 0.2) is 18.3 Å². The molecule has 1 aliphatic rings. The number of likely N-dealkylation sites (tertiary alicyclic amines) is 1. The topological polar surface area (TPSA) is 36.4 Å². The van der Waals surface area contributed by atoms with E-state index in [9.17, 15) is 4.79 Å². The van der Waals surface area contributed by atoms with Crippen molar-refractivity contribution in [3.05, 3.63) is 29.0 Å². The Morgan fingerprint density at radius 3 is 3.06 bits per heavy atom. The molecule has 18 heavy (non-hydrogen) atoms. The predicted molar refractivity (Wildman–Crippen MR) is 71.8 cm³/mol. The number of halogens is 1. The molecule has 5 heteroatoms. The van der Waals surface area contributed by atoms with Crippen LogP contribution < -0.4 is 0 Å². The van der Waals surface area contributed by atoms with E-state index in [-0.39, 0.29) is 5.91 Å². The second-order valence-corrected chi connectivity index (χ2v) is 5.36. The average Bonchev–Trinajstić information content (AvgIpc) is 2.73. The minimum atomic E-state index is 0.00820. The third-order valence-corrected chi connectivity index (χ3v) is 3.55.